The molecular formula is C31H33ClN4O5. The van der Waals surface area contributed by atoms with Gasteiger partial charge in [0.25, 0.3) is 0 Å². The van der Waals surface area contributed by atoms with Crippen LogP contribution < -0.4 is 15.8 Å². The normalized spacial score (nSPS) is 16.4. The lowest BCUT2D eigenvalue weighted by Gasteiger charge is -2.36. The number of carbonyl (C=O) groups is 3. The summed E-state index contributed by atoms with van der Waals surface area (Å²) >= 11 is 6.50. The summed E-state index contributed by atoms with van der Waals surface area (Å²) in [4.78, 5) is 39.3. The van der Waals surface area contributed by atoms with Crippen molar-refractivity contribution in [2.45, 2.75) is 51.1 Å². The molecule has 3 aromatic carbocycles. The highest BCUT2D eigenvalue weighted by atomic mass is 35.5. The highest BCUT2D eigenvalue weighted by Gasteiger charge is 2.31. The van der Waals surface area contributed by atoms with Crippen LogP contribution in [0.25, 0.3) is 0 Å². The van der Waals surface area contributed by atoms with E-state index >= 15 is 0 Å². The molecule has 0 aromatic heterocycles. The van der Waals surface area contributed by atoms with Gasteiger partial charge in [-0.1, -0.05) is 48.0 Å². The number of aliphatic carboxylic acids is 1. The van der Waals surface area contributed by atoms with Crippen molar-refractivity contribution in [2.75, 3.05) is 5.32 Å². The van der Waals surface area contributed by atoms with Gasteiger partial charge in [0.15, 0.2) is 5.96 Å². The molecule has 9 nitrogen and oxygen atoms in total. The second-order valence-corrected chi connectivity index (χ2v) is 10.5. The summed E-state index contributed by atoms with van der Waals surface area (Å²) in [5.41, 5.74) is 7.99. The predicted octanol–water partition coefficient (Wildman–Crippen LogP) is 5.47. The summed E-state index contributed by atoms with van der Waals surface area (Å²) in [5, 5.41) is 19.7. The first kappa shape index (κ1) is 29.6. The summed E-state index contributed by atoms with van der Waals surface area (Å²) in [6.45, 7) is 0.469. The fourth-order valence-electron chi connectivity index (χ4n) is 5.03. The quantitative estimate of drug-likeness (QED) is 0.108. The Kier molecular flexibility index (Phi) is 9.97. The fraction of sp³-hybridized carbons (Fsp3) is 0.290. The van der Waals surface area contributed by atoms with E-state index in [1.165, 1.54) is 0 Å². The first-order valence-corrected chi connectivity index (χ1v) is 13.9. The number of carbonyl (C=O) groups excluding carboxylic acids is 2. The highest BCUT2D eigenvalue weighted by Crippen LogP contribution is 2.30. The van der Waals surface area contributed by atoms with E-state index in [1.807, 2.05) is 35.2 Å². The number of carboxylic acid groups (broad SMARTS) is 1. The van der Waals surface area contributed by atoms with Crippen molar-refractivity contribution in [1.29, 1.82) is 5.41 Å². The molecule has 0 unspecified atom stereocenters. The number of nitrogens with two attached hydrogens (primary N) is 1. The third kappa shape index (κ3) is 8.31. The lowest BCUT2D eigenvalue weighted by molar-refractivity contribution is -0.143. The molecule has 4 rings (SSSR count). The van der Waals surface area contributed by atoms with Gasteiger partial charge in [0, 0.05) is 29.7 Å². The number of halogens is 1. The van der Waals surface area contributed by atoms with Gasteiger partial charge in [-0.2, -0.15) is 0 Å². The van der Waals surface area contributed by atoms with Crippen LogP contribution in [-0.4, -0.2) is 39.9 Å². The Morgan fingerprint density at radius 2 is 1.68 bits per heavy atom. The SMILES string of the molecule is N=C(N)Nc1ccc(C(=O)Oc2ccc(CCC(=O)N(Cc3ccccc3)[C@H]3CC[C@H](C(=O)O)CC3)c(Cl)c2)cc1. The maximum atomic E-state index is 13.5. The molecule has 10 heteroatoms. The lowest BCUT2D eigenvalue weighted by atomic mass is 9.85. The van der Waals surface area contributed by atoms with Gasteiger partial charge in [0.05, 0.1) is 11.5 Å². The number of amides is 1. The second kappa shape index (κ2) is 13.8. The van der Waals surface area contributed by atoms with Gasteiger partial charge in [0.1, 0.15) is 5.75 Å². The summed E-state index contributed by atoms with van der Waals surface area (Å²) in [6, 6.07) is 21.1. The number of aryl methyl sites for hydroxylation is 1. The van der Waals surface area contributed by atoms with E-state index in [4.69, 9.17) is 27.5 Å². The van der Waals surface area contributed by atoms with E-state index in [-0.39, 0.29) is 36.0 Å². The first-order chi connectivity index (χ1) is 19.7. The molecule has 0 radical (unpaired) electrons. The fourth-order valence-corrected chi connectivity index (χ4v) is 5.29. The Balaban J connectivity index is 1.37. The van der Waals surface area contributed by atoms with Gasteiger partial charge in [0.2, 0.25) is 5.91 Å². The molecule has 0 bridgehead atoms. The van der Waals surface area contributed by atoms with Gasteiger partial charge < -0.3 is 25.8 Å². The average molecular weight is 577 g/mol. The zero-order chi connectivity index (χ0) is 29.4. The van der Waals surface area contributed by atoms with Crippen molar-refractivity contribution in [2.24, 2.45) is 11.7 Å². The molecule has 1 fully saturated rings. The van der Waals surface area contributed by atoms with E-state index in [9.17, 15) is 19.5 Å². The van der Waals surface area contributed by atoms with Crippen molar-refractivity contribution in [3.63, 3.8) is 0 Å². The van der Waals surface area contributed by atoms with Crippen LogP contribution >= 0.6 is 11.6 Å². The number of carboxylic acids is 1. The van der Waals surface area contributed by atoms with Crippen LogP contribution in [0, 0.1) is 11.3 Å². The molecule has 0 aliphatic heterocycles. The Bertz CT molecular complexity index is 1390. The Hall–Kier alpha value is -4.37. The number of rotatable bonds is 10. The maximum Gasteiger partial charge on any atom is 0.343 e. The summed E-state index contributed by atoms with van der Waals surface area (Å²) in [7, 11) is 0. The predicted molar refractivity (Wildman–Crippen MR) is 157 cm³/mol. The molecule has 1 aliphatic carbocycles. The number of anilines is 1. The number of nitrogens with one attached hydrogen (secondary N) is 2. The lowest BCUT2D eigenvalue weighted by Crippen LogP contribution is -2.42. The van der Waals surface area contributed by atoms with E-state index in [0.717, 1.165) is 11.1 Å². The number of hydrogen-bond donors (Lipinski definition) is 4. The van der Waals surface area contributed by atoms with Crippen LogP contribution in [0.5, 0.6) is 5.75 Å². The number of nitrogens with zero attached hydrogens (tertiary/aromatic N) is 1. The third-order valence-electron chi connectivity index (χ3n) is 7.25. The molecule has 214 valence electrons. The van der Waals surface area contributed by atoms with Crippen molar-refractivity contribution in [1.82, 2.24) is 4.90 Å². The summed E-state index contributed by atoms with van der Waals surface area (Å²) in [6.07, 6.45) is 3.09. The third-order valence-corrected chi connectivity index (χ3v) is 7.60. The molecule has 0 heterocycles. The van der Waals surface area contributed by atoms with Crippen molar-refractivity contribution in [3.8, 4) is 5.75 Å². The molecule has 0 spiro atoms. The van der Waals surface area contributed by atoms with E-state index < -0.39 is 11.9 Å². The Morgan fingerprint density at radius 1 is 1.00 bits per heavy atom. The summed E-state index contributed by atoms with van der Waals surface area (Å²) in [5.74, 6) is -1.62. The van der Waals surface area contributed by atoms with E-state index in [1.54, 1.807) is 42.5 Å². The minimum absolute atomic E-state index is 0.0112. The largest absolute Gasteiger partial charge is 0.481 e. The van der Waals surface area contributed by atoms with Gasteiger partial charge in [-0.15, -0.1) is 0 Å². The topological polar surface area (TPSA) is 146 Å². The van der Waals surface area contributed by atoms with Crippen LogP contribution in [0.3, 0.4) is 0 Å². The van der Waals surface area contributed by atoms with E-state index in [0.29, 0.717) is 54.9 Å². The molecule has 1 saturated carbocycles. The standard InChI is InChI=1S/C31H33ClN4O5/c32-27-18-26(41-30(40)23-6-12-24(13-7-23)35-31(33)34)16-10-21(27)11-17-28(37)36(19-20-4-2-1-3-5-20)25-14-8-22(9-15-25)29(38)39/h1-7,10,12-13,16,18,22,25H,8-9,11,14-15,17,19H2,(H,38,39)(H4,33,34,35)/t22-,25-. The van der Waals surface area contributed by atoms with Gasteiger partial charge in [-0.3, -0.25) is 15.0 Å². The van der Waals surface area contributed by atoms with E-state index in [2.05, 4.69) is 5.32 Å². The van der Waals surface area contributed by atoms with Crippen LogP contribution in [0.4, 0.5) is 5.69 Å². The van der Waals surface area contributed by atoms with Gasteiger partial charge in [-0.25, -0.2) is 4.79 Å². The minimum atomic E-state index is -0.770. The monoisotopic (exact) mass is 576 g/mol. The van der Waals surface area contributed by atoms with Crippen LogP contribution in [0.1, 0.15) is 53.6 Å². The number of guanidine groups is 1. The second-order valence-electron chi connectivity index (χ2n) is 10.1. The maximum absolute atomic E-state index is 13.5. The zero-order valence-corrected chi connectivity index (χ0v) is 23.3. The number of benzene rings is 3. The van der Waals surface area contributed by atoms with Crippen molar-refractivity contribution >= 4 is 41.1 Å². The first-order valence-electron chi connectivity index (χ1n) is 13.5. The summed E-state index contributed by atoms with van der Waals surface area (Å²) < 4.78 is 5.46. The minimum Gasteiger partial charge on any atom is -0.481 e. The molecule has 5 N–H and O–H groups in total. The molecule has 41 heavy (non-hydrogen) atoms. The van der Waals surface area contributed by atoms with Crippen LogP contribution in [0.15, 0.2) is 72.8 Å². The average Bonchev–Trinajstić information content (AvgIpc) is 2.96. The Morgan fingerprint density at radius 3 is 2.29 bits per heavy atom. The molecule has 0 saturated heterocycles. The van der Waals surface area contributed by atoms with Gasteiger partial charge >= 0.3 is 11.9 Å². The smallest absolute Gasteiger partial charge is 0.343 e. The number of esters is 1. The van der Waals surface area contributed by atoms with Crippen LogP contribution in [0.2, 0.25) is 5.02 Å². The number of ether oxygens (including phenoxy) is 1. The van der Waals surface area contributed by atoms with Crippen LogP contribution in [-0.2, 0) is 22.6 Å². The molecule has 3 aromatic rings. The van der Waals surface area contributed by atoms with Crippen molar-refractivity contribution in [3.05, 3.63) is 94.5 Å². The van der Waals surface area contributed by atoms with Crippen molar-refractivity contribution < 1.29 is 24.2 Å². The highest BCUT2D eigenvalue weighted by molar-refractivity contribution is 6.31. The number of hydrogen-bond acceptors (Lipinski definition) is 5. The molecule has 1 aliphatic rings. The Labute approximate surface area is 243 Å². The molecule has 1 amide bonds. The molecule has 0 atom stereocenters. The zero-order valence-electron chi connectivity index (χ0n) is 22.5. The molecular weight excluding hydrogens is 544 g/mol. The van der Waals surface area contributed by atoms with Gasteiger partial charge in [-0.05, 0) is 79.6 Å².